The molecule has 7 nitrogen and oxygen atoms in total. The number of hydrogen-bond donors (Lipinski definition) is 1. The van der Waals surface area contributed by atoms with E-state index >= 15 is 0 Å². The number of morpholine rings is 1. The van der Waals surface area contributed by atoms with Crippen LogP contribution >= 0.6 is 0 Å². The van der Waals surface area contributed by atoms with Gasteiger partial charge >= 0.3 is 0 Å². The highest BCUT2D eigenvalue weighted by Crippen LogP contribution is 2.23. The standard InChI is InChI=1S/C17H27N3O4S/c1-17(2,12-18)13-19(3)16(21)14-6-4-5-7-15(14)25(22,23)20-8-10-24-11-9-20/h4-7H,8-13,18H2,1-3H3. The Bertz CT molecular complexity index is 712. The maximum atomic E-state index is 13.0. The SMILES string of the molecule is CN(CC(C)(C)CN)C(=O)c1ccccc1S(=O)(=O)N1CCOCC1. The molecule has 2 N–H and O–H groups in total. The molecule has 25 heavy (non-hydrogen) atoms. The van der Waals surface area contributed by atoms with E-state index in [1.807, 2.05) is 13.8 Å². The topological polar surface area (TPSA) is 92.9 Å². The minimum absolute atomic E-state index is 0.0410. The second kappa shape index (κ2) is 7.82. The molecule has 140 valence electrons. The highest BCUT2D eigenvalue weighted by atomic mass is 32.2. The van der Waals surface area contributed by atoms with Crippen LogP contribution in [-0.4, -0.2) is 70.0 Å². The van der Waals surface area contributed by atoms with E-state index in [1.54, 1.807) is 25.2 Å². The van der Waals surface area contributed by atoms with Gasteiger partial charge in [-0.3, -0.25) is 4.79 Å². The van der Waals surface area contributed by atoms with Gasteiger partial charge in [0.25, 0.3) is 5.91 Å². The monoisotopic (exact) mass is 369 g/mol. The zero-order valence-electron chi connectivity index (χ0n) is 15.1. The van der Waals surface area contributed by atoms with Crippen molar-refractivity contribution in [1.29, 1.82) is 0 Å². The maximum Gasteiger partial charge on any atom is 0.254 e. The molecule has 0 aliphatic carbocycles. The first-order valence-corrected chi connectivity index (χ1v) is 9.75. The molecule has 2 rings (SSSR count). The van der Waals surface area contributed by atoms with E-state index in [1.165, 1.54) is 15.3 Å². The fourth-order valence-corrected chi connectivity index (χ4v) is 4.37. The fraction of sp³-hybridized carbons (Fsp3) is 0.588. The van der Waals surface area contributed by atoms with Gasteiger partial charge < -0.3 is 15.4 Å². The first-order chi connectivity index (χ1) is 11.7. The van der Waals surface area contributed by atoms with Crippen molar-refractivity contribution in [2.45, 2.75) is 18.7 Å². The molecule has 0 unspecified atom stereocenters. The largest absolute Gasteiger partial charge is 0.379 e. The first-order valence-electron chi connectivity index (χ1n) is 8.31. The Morgan fingerprint density at radius 2 is 1.88 bits per heavy atom. The third-order valence-corrected chi connectivity index (χ3v) is 6.23. The van der Waals surface area contributed by atoms with Crippen LogP contribution in [0.2, 0.25) is 0 Å². The maximum absolute atomic E-state index is 13.0. The lowest BCUT2D eigenvalue weighted by Crippen LogP contribution is -2.42. The molecule has 1 aliphatic heterocycles. The summed E-state index contributed by atoms with van der Waals surface area (Å²) in [5.41, 5.74) is 5.67. The van der Waals surface area contributed by atoms with Crippen LogP contribution < -0.4 is 5.73 Å². The Morgan fingerprint density at radius 1 is 1.28 bits per heavy atom. The number of carbonyl (C=O) groups is 1. The average Bonchev–Trinajstić information content (AvgIpc) is 2.61. The van der Waals surface area contributed by atoms with Gasteiger partial charge in [-0.1, -0.05) is 26.0 Å². The molecule has 1 saturated heterocycles. The number of nitrogens with two attached hydrogens (primary N) is 1. The van der Waals surface area contributed by atoms with Crippen LogP contribution in [0, 0.1) is 5.41 Å². The van der Waals surface area contributed by atoms with Gasteiger partial charge in [-0.2, -0.15) is 4.31 Å². The van der Waals surface area contributed by atoms with Gasteiger partial charge in [0.05, 0.1) is 23.7 Å². The van der Waals surface area contributed by atoms with E-state index in [2.05, 4.69) is 0 Å². The molecule has 1 heterocycles. The van der Waals surface area contributed by atoms with Gasteiger partial charge in [0.15, 0.2) is 0 Å². The predicted molar refractivity (Wildman–Crippen MR) is 95.8 cm³/mol. The Labute approximate surface area is 149 Å². The summed E-state index contributed by atoms with van der Waals surface area (Å²) in [6.07, 6.45) is 0. The molecule has 0 radical (unpaired) electrons. The molecule has 1 aromatic rings. The lowest BCUT2D eigenvalue weighted by atomic mass is 9.93. The quantitative estimate of drug-likeness (QED) is 0.799. The van der Waals surface area contributed by atoms with E-state index in [9.17, 15) is 13.2 Å². The number of rotatable bonds is 6. The van der Waals surface area contributed by atoms with Gasteiger partial charge in [-0.05, 0) is 24.1 Å². The lowest BCUT2D eigenvalue weighted by Gasteiger charge is -2.30. The molecule has 0 spiro atoms. The minimum Gasteiger partial charge on any atom is -0.379 e. The van der Waals surface area contributed by atoms with Crippen LogP contribution in [0.15, 0.2) is 29.2 Å². The smallest absolute Gasteiger partial charge is 0.254 e. The van der Waals surface area contributed by atoms with Crippen LogP contribution in [0.5, 0.6) is 0 Å². The highest BCUT2D eigenvalue weighted by molar-refractivity contribution is 7.89. The number of carbonyl (C=O) groups excluding carboxylic acids is 1. The van der Waals surface area contributed by atoms with Gasteiger partial charge in [0, 0.05) is 26.7 Å². The van der Waals surface area contributed by atoms with Crippen LogP contribution in [0.25, 0.3) is 0 Å². The summed E-state index contributed by atoms with van der Waals surface area (Å²) in [4.78, 5) is 14.4. The molecule has 0 saturated carbocycles. The summed E-state index contributed by atoms with van der Waals surface area (Å²) in [5, 5.41) is 0. The Morgan fingerprint density at radius 3 is 2.48 bits per heavy atom. The normalized spacial score (nSPS) is 16.6. The number of nitrogens with zero attached hydrogens (tertiary/aromatic N) is 2. The number of benzene rings is 1. The zero-order chi connectivity index (χ0) is 18.7. The van der Waals surface area contributed by atoms with Crippen LogP contribution in [0.4, 0.5) is 0 Å². The Kier molecular flexibility index (Phi) is 6.21. The van der Waals surface area contributed by atoms with Gasteiger partial charge in [0.2, 0.25) is 10.0 Å². The summed E-state index contributed by atoms with van der Waals surface area (Å²) < 4.78 is 32.5. The summed E-state index contributed by atoms with van der Waals surface area (Å²) >= 11 is 0. The molecule has 1 amide bonds. The summed E-state index contributed by atoms with van der Waals surface area (Å²) in [6, 6.07) is 6.35. The first kappa shape index (κ1) is 19.8. The van der Waals surface area contributed by atoms with Gasteiger partial charge in [-0.15, -0.1) is 0 Å². The second-order valence-corrected chi connectivity index (χ2v) is 8.95. The summed E-state index contributed by atoms with van der Waals surface area (Å²) in [6.45, 7) is 6.11. The molecule has 1 aromatic carbocycles. The van der Waals surface area contributed by atoms with Crippen molar-refractivity contribution in [2.75, 3.05) is 46.4 Å². The zero-order valence-corrected chi connectivity index (χ0v) is 15.9. The van der Waals surface area contributed by atoms with Crippen molar-refractivity contribution in [3.63, 3.8) is 0 Å². The van der Waals surface area contributed by atoms with Gasteiger partial charge in [0.1, 0.15) is 0 Å². The molecule has 1 fully saturated rings. The number of sulfonamides is 1. The van der Waals surface area contributed by atoms with Crippen molar-refractivity contribution in [2.24, 2.45) is 11.1 Å². The predicted octanol–water partition coefficient (Wildman–Crippen LogP) is 0.764. The van der Waals surface area contributed by atoms with Gasteiger partial charge in [-0.25, -0.2) is 8.42 Å². The highest BCUT2D eigenvalue weighted by Gasteiger charge is 2.31. The molecule has 0 atom stereocenters. The third kappa shape index (κ3) is 4.58. The summed E-state index contributed by atoms with van der Waals surface area (Å²) in [7, 11) is -2.07. The Hall–Kier alpha value is -1.48. The van der Waals surface area contributed by atoms with Crippen molar-refractivity contribution in [3.8, 4) is 0 Å². The van der Waals surface area contributed by atoms with Crippen molar-refractivity contribution in [1.82, 2.24) is 9.21 Å². The average molecular weight is 369 g/mol. The molecular weight excluding hydrogens is 342 g/mol. The third-order valence-electron chi connectivity index (χ3n) is 4.27. The van der Waals surface area contributed by atoms with Crippen molar-refractivity contribution >= 4 is 15.9 Å². The van der Waals surface area contributed by atoms with E-state index < -0.39 is 10.0 Å². The van der Waals surface area contributed by atoms with E-state index in [0.717, 1.165) is 0 Å². The van der Waals surface area contributed by atoms with E-state index in [-0.39, 0.29) is 21.8 Å². The second-order valence-electron chi connectivity index (χ2n) is 7.04. The molecule has 0 bridgehead atoms. The van der Waals surface area contributed by atoms with E-state index in [4.69, 9.17) is 10.5 Å². The molecular formula is C17H27N3O4S. The molecule has 0 aromatic heterocycles. The number of ether oxygens (including phenoxy) is 1. The Balaban J connectivity index is 2.32. The fourth-order valence-electron chi connectivity index (χ4n) is 2.78. The number of amides is 1. The van der Waals surface area contributed by atoms with Crippen LogP contribution in [-0.2, 0) is 14.8 Å². The van der Waals surface area contributed by atoms with Crippen molar-refractivity contribution in [3.05, 3.63) is 29.8 Å². The summed E-state index contributed by atoms with van der Waals surface area (Å²) in [5.74, 6) is -0.325. The van der Waals surface area contributed by atoms with Crippen LogP contribution in [0.1, 0.15) is 24.2 Å². The molecule has 8 heteroatoms. The number of hydrogen-bond acceptors (Lipinski definition) is 5. The van der Waals surface area contributed by atoms with E-state index in [0.29, 0.717) is 39.4 Å². The van der Waals surface area contributed by atoms with Crippen LogP contribution in [0.3, 0.4) is 0 Å². The molecule has 1 aliphatic rings. The lowest BCUT2D eigenvalue weighted by molar-refractivity contribution is 0.0720. The minimum atomic E-state index is -3.74. The van der Waals surface area contributed by atoms with Crippen molar-refractivity contribution < 1.29 is 17.9 Å².